The molecule has 0 unspecified atom stereocenters. The Morgan fingerprint density at radius 2 is 1.84 bits per heavy atom. The Hall–Kier alpha value is -1.77. The number of carbonyl (C=O) groups excluding carboxylic acids is 1. The fourth-order valence-corrected chi connectivity index (χ4v) is 2.61. The molecule has 1 heterocycles. The van der Waals surface area contributed by atoms with E-state index in [0.29, 0.717) is 15.6 Å². The Morgan fingerprint density at radius 1 is 1.05 bits per heavy atom. The van der Waals surface area contributed by atoms with Crippen LogP contribution in [0.4, 0.5) is 0 Å². The quantitative estimate of drug-likeness (QED) is 0.665. The summed E-state index contributed by atoms with van der Waals surface area (Å²) in [7, 11) is 0. The number of hydrogen-bond donors (Lipinski definition) is 1. The molecule has 1 aromatic heterocycles. The molecule has 0 spiro atoms. The van der Waals surface area contributed by atoms with E-state index in [0.717, 1.165) is 28.4 Å². The van der Waals surface area contributed by atoms with E-state index in [1.807, 2.05) is 30.3 Å². The highest BCUT2D eigenvalue weighted by Gasteiger charge is 2.14. The molecule has 0 saturated carbocycles. The summed E-state index contributed by atoms with van der Waals surface area (Å²) >= 11 is 12.1. The monoisotopic (exact) mass is 289 g/mol. The summed E-state index contributed by atoms with van der Waals surface area (Å²) in [5, 5.41) is 2.03. The number of benzene rings is 2. The predicted octanol–water partition coefficient (Wildman–Crippen LogP) is 4.95. The first-order valence-corrected chi connectivity index (χ1v) is 6.47. The first kappa shape index (κ1) is 12.3. The molecule has 2 nitrogen and oxygen atoms in total. The first-order chi connectivity index (χ1) is 9.20. The number of para-hydroxylation sites is 1. The van der Waals surface area contributed by atoms with E-state index in [1.165, 1.54) is 0 Å². The molecular weight excluding hydrogens is 281 g/mol. The molecule has 0 fully saturated rings. The second-order valence-corrected chi connectivity index (χ2v) is 5.05. The molecule has 3 aromatic rings. The lowest BCUT2D eigenvalue weighted by Gasteiger charge is -2.00. The largest absolute Gasteiger partial charge is 0.353 e. The van der Waals surface area contributed by atoms with Crippen molar-refractivity contribution in [1.82, 2.24) is 4.98 Å². The van der Waals surface area contributed by atoms with Crippen molar-refractivity contribution in [3.05, 3.63) is 58.1 Å². The minimum absolute atomic E-state index is 0.592. The highest BCUT2D eigenvalue weighted by Crippen LogP contribution is 2.33. The zero-order valence-corrected chi connectivity index (χ0v) is 11.3. The molecule has 0 bridgehead atoms. The van der Waals surface area contributed by atoms with Crippen molar-refractivity contribution in [2.45, 2.75) is 0 Å². The number of aldehydes is 1. The van der Waals surface area contributed by atoms with E-state index in [4.69, 9.17) is 23.2 Å². The lowest BCUT2D eigenvalue weighted by Crippen LogP contribution is -1.84. The normalized spacial score (nSPS) is 10.8. The molecule has 0 aliphatic carbocycles. The SMILES string of the molecule is O=Cc1c(-c2cccc(Cl)c2)[nH]c2c(Cl)cccc12. The molecule has 94 valence electrons. The maximum atomic E-state index is 11.4. The van der Waals surface area contributed by atoms with Crippen LogP contribution in [0, 0.1) is 0 Å². The van der Waals surface area contributed by atoms with Crippen LogP contribution in [-0.2, 0) is 0 Å². The zero-order chi connectivity index (χ0) is 13.4. The summed E-state index contributed by atoms with van der Waals surface area (Å²) in [6.45, 7) is 0. The summed E-state index contributed by atoms with van der Waals surface area (Å²) in [6, 6.07) is 12.8. The van der Waals surface area contributed by atoms with Gasteiger partial charge >= 0.3 is 0 Å². The van der Waals surface area contributed by atoms with Gasteiger partial charge in [-0.3, -0.25) is 4.79 Å². The van der Waals surface area contributed by atoms with Crippen molar-refractivity contribution in [3.8, 4) is 11.3 Å². The third kappa shape index (κ3) is 2.03. The van der Waals surface area contributed by atoms with Gasteiger partial charge in [-0.25, -0.2) is 0 Å². The molecule has 1 N–H and O–H groups in total. The lowest BCUT2D eigenvalue weighted by molar-refractivity contribution is 0.112. The van der Waals surface area contributed by atoms with Crippen LogP contribution in [0.5, 0.6) is 0 Å². The van der Waals surface area contributed by atoms with Gasteiger partial charge < -0.3 is 4.98 Å². The molecule has 0 aliphatic heterocycles. The number of fused-ring (bicyclic) bond motifs is 1. The van der Waals surface area contributed by atoms with Gasteiger partial charge in [0, 0.05) is 21.5 Å². The van der Waals surface area contributed by atoms with Crippen molar-refractivity contribution < 1.29 is 4.79 Å². The minimum atomic E-state index is 0.592. The van der Waals surface area contributed by atoms with Crippen LogP contribution in [0.15, 0.2) is 42.5 Å². The van der Waals surface area contributed by atoms with Gasteiger partial charge in [0.05, 0.1) is 16.2 Å². The van der Waals surface area contributed by atoms with Crippen LogP contribution in [0.3, 0.4) is 0 Å². The second-order valence-electron chi connectivity index (χ2n) is 4.20. The molecular formula is C15H9Cl2NO. The van der Waals surface area contributed by atoms with Gasteiger partial charge in [-0.2, -0.15) is 0 Å². The molecule has 4 heteroatoms. The van der Waals surface area contributed by atoms with Crippen LogP contribution >= 0.6 is 23.2 Å². The van der Waals surface area contributed by atoms with Crippen molar-refractivity contribution in [2.75, 3.05) is 0 Å². The lowest BCUT2D eigenvalue weighted by atomic mass is 10.1. The Morgan fingerprint density at radius 3 is 2.58 bits per heavy atom. The molecule has 0 radical (unpaired) electrons. The van der Waals surface area contributed by atoms with Crippen LogP contribution in [0.1, 0.15) is 10.4 Å². The molecule has 2 aromatic carbocycles. The number of H-pyrrole nitrogens is 1. The number of hydrogen-bond acceptors (Lipinski definition) is 1. The maximum absolute atomic E-state index is 11.4. The average molecular weight is 290 g/mol. The smallest absolute Gasteiger partial charge is 0.152 e. The van der Waals surface area contributed by atoms with E-state index in [2.05, 4.69) is 4.98 Å². The van der Waals surface area contributed by atoms with Gasteiger partial charge in [-0.05, 0) is 18.2 Å². The van der Waals surface area contributed by atoms with E-state index in [1.54, 1.807) is 12.1 Å². The third-order valence-corrected chi connectivity index (χ3v) is 3.60. The fourth-order valence-electron chi connectivity index (χ4n) is 2.20. The summed E-state index contributed by atoms with van der Waals surface area (Å²) in [6.07, 6.45) is 0.839. The Kier molecular flexibility index (Phi) is 3.05. The third-order valence-electron chi connectivity index (χ3n) is 3.05. The zero-order valence-electron chi connectivity index (χ0n) is 9.78. The van der Waals surface area contributed by atoms with E-state index in [9.17, 15) is 4.79 Å². The van der Waals surface area contributed by atoms with E-state index >= 15 is 0 Å². The number of halogens is 2. The molecule has 0 amide bonds. The summed E-state index contributed by atoms with van der Waals surface area (Å²) in [5.41, 5.74) is 2.96. The van der Waals surface area contributed by atoms with Gasteiger partial charge in [0.25, 0.3) is 0 Å². The van der Waals surface area contributed by atoms with Gasteiger partial charge in [-0.1, -0.05) is 47.5 Å². The second kappa shape index (κ2) is 4.72. The van der Waals surface area contributed by atoms with Crippen LogP contribution in [0.2, 0.25) is 10.0 Å². The molecule has 3 rings (SSSR count). The van der Waals surface area contributed by atoms with Crippen molar-refractivity contribution >= 4 is 40.4 Å². The van der Waals surface area contributed by atoms with Gasteiger partial charge in [0.15, 0.2) is 6.29 Å². The van der Waals surface area contributed by atoms with Gasteiger partial charge in [0.2, 0.25) is 0 Å². The number of aromatic nitrogens is 1. The van der Waals surface area contributed by atoms with Crippen LogP contribution in [-0.4, -0.2) is 11.3 Å². The predicted molar refractivity (Wildman–Crippen MR) is 79.1 cm³/mol. The van der Waals surface area contributed by atoms with Crippen molar-refractivity contribution in [3.63, 3.8) is 0 Å². The number of carbonyl (C=O) groups is 1. The molecule has 19 heavy (non-hydrogen) atoms. The summed E-state index contributed by atoms with van der Waals surface area (Å²) in [4.78, 5) is 14.6. The Labute approximate surface area is 120 Å². The van der Waals surface area contributed by atoms with E-state index in [-0.39, 0.29) is 0 Å². The topological polar surface area (TPSA) is 32.9 Å². The van der Waals surface area contributed by atoms with Crippen molar-refractivity contribution in [1.29, 1.82) is 0 Å². The highest BCUT2D eigenvalue weighted by atomic mass is 35.5. The molecule has 0 atom stereocenters. The van der Waals surface area contributed by atoms with Crippen LogP contribution in [0.25, 0.3) is 22.2 Å². The fraction of sp³-hybridized carbons (Fsp3) is 0. The minimum Gasteiger partial charge on any atom is -0.353 e. The average Bonchev–Trinajstić information content (AvgIpc) is 2.79. The van der Waals surface area contributed by atoms with Gasteiger partial charge in [0.1, 0.15) is 0 Å². The standard InChI is InChI=1S/C15H9Cl2NO/c16-10-4-1-3-9(7-10)14-12(8-19)11-5-2-6-13(17)15(11)18-14/h1-8,18H. The first-order valence-electron chi connectivity index (χ1n) is 5.72. The number of rotatable bonds is 2. The summed E-state index contributed by atoms with van der Waals surface area (Å²) < 4.78 is 0. The maximum Gasteiger partial charge on any atom is 0.152 e. The summed E-state index contributed by atoms with van der Waals surface area (Å²) in [5.74, 6) is 0. The van der Waals surface area contributed by atoms with Crippen molar-refractivity contribution in [2.24, 2.45) is 0 Å². The number of nitrogens with one attached hydrogen (secondary N) is 1. The Bertz CT molecular complexity index is 777. The van der Waals surface area contributed by atoms with Crippen LogP contribution < -0.4 is 0 Å². The highest BCUT2D eigenvalue weighted by molar-refractivity contribution is 6.35. The Balaban J connectivity index is 2.35. The van der Waals surface area contributed by atoms with E-state index < -0.39 is 0 Å². The molecule has 0 saturated heterocycles. The number of aromatic amines is 1. The molecule has 0 aliphatic rings. The van der Waals surface area contributed by atoms with Gasteiger partial charge in [-0.15, -0.1) is 0 Å².